The van der Waals surface area contributed by atoms with E-state index < -0.39 is 0 Å². The van der Waals surface area contributed by atoms with Crippen LogP contribution in [0.5, 0.6) is 0 Å². The molecule has 2 aliphatic rings. The van der Waals surface area contributed by atoms with Crippen LogP contribution in [0.4, 0.5) is 11.4 Å². The number of aryl methyl sites for hydroxylation is 1. The molecule has 3 aromatic carbocycles. The van der Waals surface area contributed by atoms with E-state index in [1.165, 1.54) is 50.2 Å². The van der Waals surface area contributed by atoms with Gasteiger partial charge in [-0.1, -0.05) is 55.8 Å². The zero-order valence-corrected chi connectivity index (χ0v) is 21.0. The Labute approximate surface area is 198 Å². The Balaban J connectivity index is 1.55. The second-order valence-electron chi connectivity index (χ2n) is 10.6. The van der Waals surface area contributed by atoms with Crippen LogP contribution in [0.2, 0.25) is 0 Å². The van der Waals surface area contributed by atoms with Gasteiger partial charge >= 0.3 is 0 Å². The molecule has 0 fully saturated rings. The largest absolute Gasteiger partial charge is 0.347 e. The number of anilines is 1. The highest BCUT2D eigenvalue weighted by atomic mass is 15.2. The van der Waals surface area contributed by atoms with E-state index in [4.69, 9.17) is 0 Å². The van der Waals surface area contributed by atoms with E-state index in [1.807, 2.05) is 0 Å². The van der Waals surface area contributed by atoms with Gasteiger partial charge in [0.1, 0.15) is 6.54 Å². The van der Waals surface area contributed by atoms with Crippen molar-refractivity contribution in [2.24, 2.45) is 0 Å². The minimum absolute atomic E-state index is 0.00977. The molecule has 2 heteroatoms. The van der Waals surface area contributed by atoms with Crippen molar-refractivity contribution >= 4 is 27.9 Å². The van der Waals surface area contributed by atoms with Gasteiger partial charge in [-0.25, -0.2) is 0 Å². The van der Waals surface area contributed by atoms with Gasteiger partial charge in [-0.05, 0) is 68.3 Å². The molecular formula is C31H35N2+. The van der Waals surface area contributed by atoms with Crippen LogP contribution in [0.25, 0.3) is 10.8 Å². The second-order valence-corrected chi connectivity index (χ2v) is 10.6. The molecule has 2 nitrogen and oxygen atoms in total. The molecule has 0 saturated carbocycles. The Morgan fingerprint density at radius 1 is 0.879 bits per heavy atom. The molecular weight excluding hydrogens is 400 g/mol. The smallest absolute Gasteiger partial charge is 0.209 e. The Morgan fingerprint density at radius 3 is 2.27 bits per heavy atom. The molecule has 0 unspecified atom stereocenters. The van der Waals surface area contributed by atoms with Crippen LogP contribution < -0.4 is 4.90 Å². The Morgan fingerprint density at radius 2 is 1.58 bits per heavy atom. The van der Waals surface area contributed by atoms with Crippen molar-refractivity contribution < 1.29 is 4.58 Å². The molecule has 0 radical (unpaired) electrons. The van der Waals surface area contributed by atoms with Crippen molar-refractivity contribution in [3.8, 4) is 0 Å². The number of allylic oxidation sites excluding steroid dienone is 4. The monoisotopic (exact) mass is 435 g/mol. The van der Waals surface area contributed by atoms with Crippen LogP contribution in [0, 0.1) is 6.92 Å². The molecule has 0 saturated heterocycles. The first-order chi connectivity index (χ1) is 15.7. The second kappa shape index (κ2) is 7.45. The molecule has 0 bridgehead atoms. The molecule has 5 rings (SSSR count). The molecule has 0 atom stereocenters. The van der Waals surface area contributed by atoms with E-state index in [0.717, 1.165) is 6.54 Å². The van der Waals surface area contributed by atoms with Gasteiger partial charge < -0.3 is 4.90 Å². The van der Waals surface area contributed by atoms with Crippen molar-refractivity contribution in [3.05, 3.63) is 95.2 Å². The van der Waals surface area contributed by atoms with Crippen molar-refractivity contribution in [2.75, 3.05) is 18.5 Å². The van der Waals surface area contributed by atoms with Crippen LogP contribution in [-0.4, -0.2) is 23.9 Å². The lowest BCUT2D eigenvalue weighted by Gasteiger charge is -2.23. The van der Waals surface area contributed by atoms with E-state index in [0.29, 0.717) is 0 Å². The first kappa shape index (κ1) is 21.7. The highest BCUT2D eigenvalue weighted by Gasteiger charge is 2.44. The van der Waals surface area contributed by atoms with Crippen LogP contribution in [0.3, 0.4) is 0 Å². The van der Waals surface area contributed by atoms with Gasteiger partial charge in [0.05, 0.1) is 5.41 Å². The van der Waals surface area contributed by atoms with Gasteiger partial charge in [0.15, 0.2) is 5.71 Å². The summed E-state index contributed by atoms with van der Waals surface area (Å²) in [6.45, 7) is 14.8. The highest BCUT2D eigenvalue weighted by Crippen LogP contribution is 2.48. The van der Waals surface area contributed by atoms with Gasteiger partial charge in [-0.2, -0.15) is 4.58 Å². The molecule has 2 aliphatic heterocycles. The van der Waals surface area contributed by atoms with Crippen LogP contribution >= 0.6 is 0 Å². The maximum absolute atomic E-state index is 2.47. The summed E-state index contributed by atoms with van der Waals surface area (Å²) in [5, 5.41) is 2.61. The standard InChI is InChI=1S/C31H35N2/c1-8-33-26-17-16-21(2)18-24(26)31(5,6)29(33)15-11-14-28-30(3,4)25-19-22-12-9-10-13-23(22)20-27(25)32(28)7/h9-20H,8H2,1-7H3/q+1. The number of hydrogen-bond donors (Lipinski definition) is 0. The lowest BCUT2D eigenvalue weighted by atomic mass is 9.80. The fourth-order valence-electron chi connectivity index (χ4n) is 5.87. The van der Waals surface area contributed by atoms with E-state index in [1.54, 1.807) is 0 Å². The van der Waals surface area contributed by atoms with Crippen molar-refractivity contribution in [2.45, 2.75) is 52.4 Å². The molecule has 0 aromatic heterocycles. The predicted octanol–water partition coefficient (Wildman–Crippen LogP) is 7.41. The van der Waals surface area contributed by atoms with E-state index in [-0.39, 0.29) is 10.8 Å². The summed E-state index contributed by atoms with van der Waals surface area (Å²) in [6.07, 6.45) is 6.91. The summed E-state index contributed by atoms with van der Waals surface area (Å²) in [6, 6.07) is 20.2. The van der Waals surface area contributed by atoms with Crippen molar-refractivity contribution in [1.82, 2.24) is 0 Å². The third-order valence-electron chi connectivity index (χ3n) is 7.77. The molecule has 168 valence electrons. The van der Waals surface area contributed by atoms with Crippen molar-refractivity contribution in [1.29, 1.82) is 0 Å². The van der Waals surface area contributed by atoms with E-state index in [2.05, 4.69) is 131 Å². The predicted molar refractivity (Wildman–Crippen MR) is 142 cm³/mol. The first-order valence-corrected chi connectivity index (χ1v) is 12.1. The van der Waals surface area contributed by atoms with Crippen LogP contribution in [0.15, 0.2) is 78.5 Å². The summed E-state index contributed by atoms with van der Waals surface area (Å²) in [5.74, 6) is 0. The third-order valence-corrected chi connectivity index (χ3v) is 7.77. The van der Waals surface area contributed by atoms with Gasteiger partial charge in [0.25, 0.3) is 0 Å². The van der Waals surface area contributed by atoms with Gasteiger partial charge in [0.2, 0.25) is 5.69 Å². The molecule has 0 amide bonds. The number of rotatable bonds is 3. The maximum atomic E-state index is 2.47. The van der Waals surface area contributed by atoms with Crippen LogP contribution in [0.1, 0.15) is 51.3 Å². The maximum Gasteiger partial charge on any atom is 0.209 e. The normalized spacial score (nSPS) is 19.7. The number of hydrogen-bond acceptors (Lipinski definition) is 1. The Hall–Kier alpha value is -3.13. The fourth-order valence-corrected chi connectivity index (χ4v) is 5.87. The summed E-state index contributed by atoms with van der Waals surface area (Å²) < 4.78 is 2.47. The summed E-state index contributed by atoms with van der Waals surface area (Å²) in [5.41, 5.74) is 9.45. The fraction of sp³-hybridized carbons (Fsp3) is 0.323. The van der Waals surface area contributed by atoms with Gasteiger partial charge in [-0.3, -0.25) is 0 Å². The Kier molecular flexibility index (Phi) is 4.90. The van der Waals surface area contributed by atoms with Gasteiger partial charge in [-0.15, -0.1) is 0 Å². The molecule has 33 heavy (non-hydrogen) atoms. The SMILES string of the molecule is CC[N+]1=C(C=CC=C2N(C)c3cc4ccccc4cc3C2(C)C)C(C)(C)c2cc(C)ccc21. The molecule has 3 aromatic rings. The average Bonchev–Trinajstić information content (AvgIpc) is 3.11. The minimum Gasteiger partial charge on any atom is -0.347 e. The Bertz CT molecular complexity index is 1360. The molecule has 0 aliphatic carbocycles. The lowest BCUT2D eigenvalue weighted by molar-refractivity contribution is -0.433. The zero-order valence-electron chi connectivity index (χ0n) is 21.0. The number of benzene rings is 3. The number of fused-ring (bicyclic) bond motifs is 3. The molecule has 2 heterocycles. The number of nitrogens with zero attached hydrogens (tertiary/aromatic N) is 2. The summed E-state index contributed by atoms with van der Waals surface area (Å²) in [4.78, 5) is 2.37. The number of likely N-dealkylation sites (N-methyl/N-ethyl adjacent to an activating group) is 1. The quantitative estimate of drug-likeness (QED) is 0.388. The highest BCUT2D eigenvalue weighted by molar-refractivity contribution is 6.03. The molecule has 0 spiro atoms. The van der Waals surface area contributed by atoms with Crippen LogP contribution in [-0.2, 0) is 10.8 Å². The first-order valence-electron chi connectivity index (χ1n) is 12.1. The van der Waals surface area contributed by atoms with Gasteiger partial charge in [0, 0.05) is 41.6 Å². The summed E-state index contributed by atoms with van der Waals surface area (Å²) >= 11 is 0. The van der Waals surface area contributed by atoms with E-state index in [9.17, 15) is 0 Å². The van der Waals surface area contributed by atoms with Crippen molar-refractivity contribution in [3.63, 3.8) is 0 Å². The summed E-state index contributed by atoms with van der Waals surface area (Å²) in [7, 11) is 2.20. The average molecular weight is 436 g/mol. The zero-order chi connectivity index (χ0) is 23.5. The topological polar surface area (TPSA) is 6.25 Å². The minimum atomic E-state index is -0.0428. The lowest BCUT2D eigenvalue weighted by Crippen LogP contribution is -2.27. The molecule has 0 N–H and O–H groups in total. The third kappa shape index (κ3) is 3.19. The van der Waals surface area contributed by atoms with E-state index >= 15 is 0 Å².